The Morgan fingerprint density at radius 1 is 1.31 bits per heavy atom. The molecule has 0 saturated carbocycles. The predicted molar refractivity (Wildman–Crippen MR) is 65.0 cm³/mol. The first kappa shape index (κ1) is 11.3. The normalized spacial score (nSPS) is 13.2. The first-order valence-corrected chi connectivity index (χ1v) is 6.87. The molecule has 1 rings (SSSR count). The third-order valence-electron chi connectivity index (χ3n) is 2.35. The van der Waals surface area contributed by atoms with Crippen molar-refractivity contribution in [3.8, 4) is 0 Å². The van der Waals surface area contributed by atoms with Crippen LogP contribution in [-0.2, 0) is 12.8 Å². The van der Waals surface area contributed by atoms with Crippen molar-refractivity contribution in [2.75, 3.05) is 5.33 Å². The summed E-state index contributed by atoms with van der Waals surface area (Å²) in [6.45, 7) is 4.48. The summed E-state index contributed by atoms with van der Waals surface area (Å²) in [6, 6.07) is 4.55. The lowest BCUT2D eigenvalue weighted by Gasteiger charge is -2.08. The van der Waals surface area contributed by atoms with Crippen LogP contribution < -0.4 is 0 Å². The molecular weight excluding hydrogens is 244 g/mol. The van der Waals surface area contributed by atoms with E-state index in [1.54, 1.807) is 4.88 Å². The van der Waals surface area contributed by atoms with Crippen molar-refractivity contribution < 1.29 is 0 Å². The van der Waals surface area contributed by atoms with Gasteiger partial charge in [0.25, 0.3) is 0 Å². The van der Waals surface area contributed by atoms with Crippen molar-refractivity contribution in [2.24, 2.45) is 5.92 Å². The minimum Gasteiger partial charge on any atom is -0.145 e. The van der Waals surface area contributed by atoms with E-state index in [0.717, 1.165) is 11.2 Å². The fourth-order valence-corrected chi connectivity index (χ4v) is 3.07. The Morgan fingerprint density at radius 2 is 2.00 bits per heavy atom. The summed E-state index contributed by atoms with van der Waals surface area (Å²) in [7, 11) is 0. The lowest BCUT2D eigenvalue weighted by Crippen LogP contribution is -2.02. The number of hydrogen-bond acceptors (Lipinski definition) is 1. The maximum absolute atomic E-state index is 3.56. The highest BCUT2D eigenvalue weighted by molar-refractivity contribution is 9.09. The average molecular weight is 261 g/mol. The highest BCUT2D eigenvalue weighted by Crippen LogP contribution is 2.22. The number of rotatable bonds is 5. The zero-order valence-electron chi connectivity index (χ0n) is 8.35. The van der Waals surface area contributed by atoms with Crippen LogP contribution in [0.15, 0.2) is 12.1 Å². The molecule has 0 nitrogen and oxygen atoms in total. The second-order valence-electron chi connectivity index (χ2n) is 3.35. The molecule has 74 valence electrons. The number of alkyl halides is 1. The fourth-order valence-electron chi connectivity index (χ4n) is 1.31. The van der Waals surface area contributed by atoms with Crippen molar-refractivity contribution in [2.45, 2.75) is 33.1 Å². The van der Waals surface area contributed by atoms with E-state index in [2.05, 4.69) is 41.9 Å². The Labute approximate surface area is 93.5 Å². The molecule has 0 spiro atoms. The van der Waals surface area contributed by atoms with Gasteiger partial charge in [-0.1, -0.05) is 36.2 Å². The van der Waals surface area contributed by atoms with Crippen LogP contribution in [0.3, 0.4) is 0 Å². The summed E-state index contributed by atoms with van der Waals surface area (Å²) in [6.07, 6.45) is 3.69. The predicted octanol–water partition coefficient (Wildman–Crippen LogP) is 4.27. The topological polar surface area (TPSA) is 0 Å². The van der Waals surface area contributed by atoms with Gasteiger partial charge in [0.05, 0.1) is 0 Å². The molecule has 0 aromatic carbocycles. The molecule has 1 aromatic heterocycles. The van der Waals surface area contributed by atoms with E-state index in [0.29, 0.717) is 0 Å². The molecule has 0 saturated heterocycles. The lowest BCUT2D eigenvalue weighted by atomic mass is 10.0. The first-order valence-electron chi connectivity index (χ1n) is 4.93. The highest BCUT2D eigenvalue weighted by atomic mass is 79.9. The van der Waals surface area contributed by atoms with Gasteiger partial charge in [0.15, 0.2) is 0 Å². The molecule has 1 aromatic rings. The molecule has 0 N–H and O–H groups in total. The fraction of sp³-hybridized carbons (Fsp3) is 0.636. The molecular formula is C11H17BrS. The third kappa shape index (κ3) is 3.43. The molecule has 2 heteroatoms. The van der Waals surface area contributed by atoms with Crippen LogP contribution in [0.2, 0.25) is 0 Å². The molecule has 0 fully saturated rings. The zero-order valence-corrected chi connectivity index (χ0v) is 10.7. The van der Waals surface area contributed by atoms with E-state index >= 15 is 0 Å². The summed E-state index contributed by atoms with van der Waals surface area (Å²) in [5.41, 5.74) is 0. The summed E-state index contributed by atoms with van der Waals surface area (Å²) in [4.78, 5) is 3.06. The van der Waals surface area contributed by atoms with Crippen molar-refractivity contribution in [3.05, 3.63) is 21.9 Å². The van der Waals surface area contributed by atoms with E-state index < -0.39 is 0 Å². The average Bonchev–Trinajstić information content (AvgIpc) is 2.61. The molecule has 1 unspecified atom stereocenters. The van der Waals surface area contributed by atoms with Crippen molar-refractivity contribution in [1.29, 1.82) is 0 Å². The van der Waals surface area contributed by atoms with Gasteiger partial charge in [-0.2, -0.15) is 0 Å². The molecule has 0 aliphatic carbocycles. The zero-order chi connectivity index (χ0) is 9.68. The highest BCUT2D eigenvalue weighted by Gasteiger charge is 2.07. The van der Waals surface area contributed by atoms with E-state index in [9.17, 15) is 0 Å². The van der Waals surface area contributed by atoms with Crippen LogP contribution in [0.5, 0.6) is 0 Å². The van der Waals surface area contributed by atoms with Crippen LogP contribution in [0.4, 0.5) is 0 Å². The Morgan fingerprint density at radius 3 is 2.46 bits per heavy atom. The Kier molecular flexibility index (Phi) is 5.04. The largest absolute Gasteiger partial charge is 0.145 e. The van der Waals surface area contributed by atoms with E-state index in [1.807, 2.05) is 11.3 Å². The van der Waals surface area contributed by atoms with Gasteiger partial charge in [-0.25, -0.2) is 0 Å². The Balaban J connectivity index is 2.52. The maximum Gasteiger partial charge on any atom is 0.00630 e. The second kappa shape index (κ2) is 5.82. The number of aryl methyl sites for hydroxylation is 1. The second-order valence-corrected chi connectivity index (χ2v) is 5.25. The van der Waals surface area contributed by atoms with Gasteiger partial charge in [-0.3, -0.25) is 0 Å². The molecule has 13 heavy (non-hydrogen) atoms. The minimum absolute atomic E-state index is 0.809. The molecule has 0 aliphatic heterocycles. The summed E-state index contributed by atoms with van der Waals surface area (Å²) < 4.78 is 0. The summed E-state index contributed by atoms with van der Waals surface area (Å²) in [5, 5.41) is 1.13. The molecule has 0 radical (unpaired) electrons. The van der Waals surface area contributed by atoms with Crippen molar-refractivity contribution in [1.82, 2.24) is 0 Å². The smallest absolute Gasteiger partial charge is 0.00630 e. The standard InChI is InChI=1S/C11H17BrS/c1-3-9(8-12)7-11-6-5-10(4-2)13-11/h5-6,9H,3-4,7-8H2,1-2H3. The van der Waals surface area contributed by atoms with Crippen molar-refractivity contribution >= 4 is 27.3 Å². The number of hydrogen-bond donors (Lipinski definition) is 0. The third-order valence-corrected chi connectivity index (χ3v) is 4.52. The molecule has 0 amide bonds. The van der Waals surface area contributed by atoms with Gasteiger partial charge in [0.2, 0.25) is 0 Å². The van der Waals surface area contributed by atoms with Crippen molar-refractivity contribution in [3.63, 3.8) is 0 Å². The maximum atomic E-state index is 3.56. The van der Waals surface area contributed by atoms with Gasteiger partial charge < -0.3 is 0 Å². The molecule has 0 aliphatic rings. The lowest BCUT2D eigenvalue weighted by molar-refractivity contribution is 0.578. The van der Waals surface area contributed by atoms with Gasteiger partial charge in [0.1, 0.15) is 0 Å². The Bertz CT molecular complexity index is 238. The quantitative estimate of drug-likeness (QED) is 0.694. The SMILES string of the molecule is CCc1ccc(CC(CC)CBr)s1. The van der Waals surface area contributed by atoms with Crippen LogP contribution in [0, 0.1) is 5.92 Å². The first-order chi connectivity index (χ1) is 6.30. The van der Waals surface area contributed by atoms with Gasteiger partial charge in [-0.05, 0) is 30.9 Å². The van der Waals surface area contributed by atoms with Crippen LogP contribution in [-0.4, -0.2) is 5.33 Å². The number of thiophene rings is 1. The molecule has 1 atom stereocenters. The summed E-state index contributed by atoms with van der Waals surface area (Å²) >= 11 is 5.53. The van der Waals surface area contributed by atoms with Gasteiger partial charge in [-0.15, -0.1) is 11.3 Å². The minimum atomic E-state index is 0.809. The van der Waals surface area contributed by atoms with Crippen LogP contribution in [0.1, 0.15) is 30.0 Å². The molecule has 1 heterocycles. The van der Waals surface area contributed by atoms with Crippen LogP contribution in [0.25, 0.3) is 0 Å². The van der Waals surface area contributed by atoms with Gasteiger partial charge in [0, 0.05) is 15.1 Å². The Hall–Kier alpha value is 0.180. The summed E-state index contributed by atoms with van der Waals surface area (Å²) in [5.74, 6) is 0.809. The van der Waals surface area contributed by atoms with E-state index in [1.165, 1.54) is 24.1 Å². The van der Waals surface area contributed by atoms with Gasteiger partial charge >= 0.3 is 0 Å². The monoisotopic (exact) mass is 260 g/mol. The van der Waals surface area contributed by atoms with Crippen LogP contribution >= 0.6 is 27.3 Å². The van der Waals surface area contributed by atoms with E-state index in [-0.39, 0.29) is 0 Å². The number of halogens is 1. The molecule has 0 bridgehead atoms. The van der Waals surface area contributed by atoms with E-state index in [4.69, 9.17) is 0 Å².